The number of benzene rings is 4. The molecule has 40 heavy (non-hydrogen) atoms. The van der Waals surface area contributed by atoms with E-state index in [2.05, 4.69) is 0 Å². The van der Waals surface area contributed by atoms with Gasteiger partial charge in [-0.2, -0.15) is 0 Å². The fourth-order valence-corrected chi connectivity index (χ4v) is 6.78. The smallest absolute Gasteiger partial charge is 0.326 e. The lowest BCUT2D eigenvalue weighted by Crippen LogP contribution is -2.41. The molecule has 4 aromatic rings. The summed E-state index contributed by atoms with van der Waals surface area (Å²) in [6.45, 7) is -0.967. The number of carbonyl (C=O) groups excluding carboxylic acids is 4. The van der Waals surface area contributed by atoms with E-state index in [4.69, 9.17) is 4.74 Å². The summed E-state index contributed by atoms with van der Waals surface area (Å²) in [6, 6.07) is 32.8. The van der Waals surface area contributed by atoms with Crippen molar-refractivity contribution in [3.05, 3.63) is 131 Å². The molecular formula is C34H25NO5. The van der Waals surface area contributed by atoms with Gasteiger partial charge in [-0.3, -0.25) is 24.1 Å². The van der Waals surface area contributed by atoms with Gasteiger partial charge in [0.25, 0.3) is 0 Å². The zero-order valence-electron chi connectivity index (χ0n) is 21.5. The number of rotatable bonds is 6. The van der Waals surface area contributed by atoms with Crippen LogP contribution in [0.1, 0.15) is 44.4 Å². The quantitative estimate of drug-likeness (QED) is 0.201. The molecule has 4 aliphatic rings. The van der Waals surface area contributed by atoms with Gasteiger partial charge in [-0.1, -0.05) is 103 Å². The predicted octanol–water partition coefficient (Wildman–Crippen LogP) is 4.97. The second-order valence-electron chi connectivity index (χ2n) is 10.6. The number of amides is 2. The van der Waals surface area contributed by atoms with Crippen LogP contribution < -0.4 is 0 Å². The van der Waals surface area contributed by atoms with Gasteiger partial charge < -0.3 is 4.74 Å². The number of hydrogen-bond donors (Lipinski definition) is 0. The van der Waals surface area contributed by atoms with Crippen molar-refractivity contribution in [1.82, 2.24) is 4.90 Å². The average molecular weight is 528 g/mol. The lowest BCUT2D eigenvalue weighted by Gasteiger charge is -2.45. The minimum absolute atomic E-state index is 0.236. The Balaban J connectivity index is 1.05. The minimum atomic E-state index is -0.781. The molecule has 1 aliphatic heterocycles. The van der Waals surface area contributed by atoms with Crippen LogP contribution in [0.3, 0.4) is 0 Å². The monoisotopic (exact) mass is 527 g/mol. The van der Waals surface area contributed by atoms with Gasteiger partial charge >= 0.3 is 5.97 Å². The Morgan fingerprint density at radius 3 is 1.55 bits per heavy atom. The summed E-state index contributed by atoms with van der Waals surface area (Å²) in [4.78, 5) is 53.8. The number of hydrogen-bond acceptors (Lipinski definition) is 5. The zero-order chi connectivity index (χ0) is 27.4. The molecule has 1 heterocycles. The summed E-state index contributed by atoms with van der Waals surface area (Å²) in [5.41, 5.74) is 6.71. The van der Waals surface area contributed by atoms with E-state index in [-0.39, 0.29) is 29.4 Å². The van der Waals surface area contributed by atoms with Crippen molar-refractivity contribution in [3.8, 4) is 11.1 Å². The molecule has 4 aromatic carbocycles. The third-order valence-electron chi connectivity index (χ3n) is 8.51. The third-order valence-corrected chi connectivity index (χ3v) is 8.51. The zero-order valence-corrected chi connectivity index (χ0v) is 21.5. The molecule has 0 radical (unpaired) electrons. The number of nitrogens with zero attached hydrogens (tertiary/aromatic N) is 1. The van der Waals surface area contributed by atoms with E-state index in [1.165, 1.54) is 0 Å². The topological polar surface area (TPSA) is 80.8 Å². The molecule has 0 aromatic heterocycles. The molecule has 2 atom stereocenters. The third kappa shape index (κ3) is 3.71. The first-order valence-electron chi connectivity index (χ1n) is 13.4. The number of likely N-dealkylation sites (tertiary alicyclic amines) is 1. The van der Waals surface area contributed by atoms with Gasteiger partial charge in [0.15, 0.2) is 12.4 Å². The van der Waals surface area contributed by atoms with Crippen LogP contribution in [0.15, 0.2) is 103 Å². The van der Waals surface area contributed by atoms with Gasteiger partial charge in [-0.25, -0.2) is 0 Å². The molecule has 196 valence electrons. The Morgan fingerprint density at radius 1 is 0.600 bits per heavy atom. The Bertz CT molecular complexity index is 1560. The van der Waals surface area contributed by atoms with E-state index < -0.39 is 31.0 Å². The van der Waals surface area contributed by atoms with Gasteiger partial charge in [0.1, 0.15) is 6.54 Å². The minimum Gasteiger partial charge on any atom is -0.456 e. The number of Topliss-reactive ketones (excluding diaryl/α,β-unsaturated/α-hetero) is 1. The molecule has 6 heteroatoms. The van der Waals surface area contributed by atoms with Crippen LogP contribution in [0, 0.1) is 11.8 Å². The van der Waals surface area contributed by atoms with Crippen LogP contribution >= 0.6 is 0 Å². The molecule has 1 saturated heterocycles. The van der Waals surface area contributed by atoms with Crippen molar-refractivity contribution >= 4 is 23.6 Å². The van der Waals surface area contributed by atoms with Crippen LogP contribution in [0.2, 0.25) is 0 Å². The maximum Gasteiger partial charge on any atom is 0.326 e. The van der Waals surface area contributed by atoms with Gasteiger partial charge in [0.05, 0.1) is 11.8 Å². The van der Waals surface area contributed by atoms with Crippen LogP contribution in [0.25, 0.3) is 11.1 Å². The standard InChI is InChI=1S/C34H25NO5/c36-27(22-16-14-21(15-17-22)20-8-2-1-3-9-20)19-40-28(37)18-35-33(38)31-29-23-10-4-5-11-24(23)30(32(31)34(35)39)26-13-7-6-12-25(26)29/h1-17,29-32H,18-19H2/t29?,30?,31-,32-/m0/s1. The summed E-state index contributed by atoms with van der Waals surface area (Å²) in [7, 11) is 0. The highest BCUT2D eigenvalue weighted by Crippen LogP contribution is 2.60. The lowest BCUT2D eigenvalue weighted by atomic mass is 9.55. The SMILES string of the molecule is O=C(CN1C(=O)[C@H]2C3c4ccccc4C(c4ccccc43)[C@@H]2C1=O)OCC(=O)c1ccc(-c2ccccc2)cc1. The fourth-order valence-electron chi connectivity index (χ4n) is 6.78. The van der Waals surface area contributed by atoms with Gasteiger partial charge in [0.2, 0.25) is 11.8 Å². The number of imide groups is 1. The van der Waals surface area contributed by atoms with Crippen molar-refractivity contribution in [2.45, 2.75) is 11.8 Å². The molecule has 0 saturated carbocycles. The average Bonchev–Trinajstić information content (AvgIpc) is 3.25. The fraction of sp³-hybridized carbons (Fsp3) is 0.176. The summed E-state index contributed by atoms with van der Waals surface area (Å²) >= 11 is 0. The van der Waals surface area contributed by atoms with E-state index in [1.807, 2.05) is 91.0 Å². The first kappa shape index (κ1) is 24.2. The second-order valence-corrected chi connectivity index (χ2v) is 10.6. The number of ether oxygens (including phenoxy) is 1. The molecule has 3 aliphatic carbocycles. The van der Waals surface area contributed by atoms with Crippen molar-refractivity contribution < 1.29 is 23.9 Å². The molecule has 0 unspecified atom stereocenters. The van der Waals surface area contributed by atoms with Crippen molar-refractivity contribution in [2.75, 3.05) is 13.2 Å². The van der Waals surface area contributed by atoms with Crippen LogP contribution in [-0.2, 0) is 19.1 Å². The summed E-state index contributed by atoms with van der Waals surface area (Å²) in [6.07, 6.45) is 0. The molecular weight excluding hydrogens is 502 g/mol. The van der Waals surface area contributed by atoms with E-state index in [1.54, 1.807) is 12.1 Å². The Hall–Kier alpha value is -4.84. The summed E-state index contributed by atoms with van der Waals surface area (Å²) in [5, 5.41) is 0. The molecule has 6 nitrogen and oxygen atoms in total. The van der Waals surface area contributed by atoms with Crippen molar-refractivity contribution in [3.63, 3.8) is 0 Å². The van der Waals surface area contributed by atoms with Gasteiger partial charge in [0, 0.05) is 17.4 Å². The van der Waals surface area contributed by atoms with E-state index >= 15 is 0 Å². The Kier molecular flexibility index (Phi) is 5.70. The molecule has 0 N–H and O–H groups in total. The first-order chi connectivity index (χ1) is 19.5. The van der Waals surface area contributed by atoms with Crippen LogP contribution in [-0.4, -0.2) is 41.6 Å². The number of esters is 1. The van der Waals surface area contributed by atoms with E-state index in [0.29, 0.717) is 5.56 Å². The first-order valence-corrected chi connectivity index (χ1v) is 13.4. The molecule has 1 fully saturated rings. The molecule has 2 bridgehead atoms. The number of ketones is 1. The maximum atomic E-state index is 13.6. The predicted molar refractivity (Wildman–Crippen MR) is 147 cm³/mol. The van der Waals surface area contributed by atoms with Crippen LogP contribution in [0.4, 0.5) is 0 Å². The summed E-state index contributed by atoms with van der Waals surface area (Å²) in [5.74, 6) is -3.43. The highest BCUT2D eigenvalue weighted by Gasteiger charge is 2.61. The highest BCUT2D eigenvalue weighted by atomic mass is 16.5. The van der Waals surface area contributed by atoms with Crippen molar-refractivity contribution in [2.24, 2.45) is 11.8 Å². The molecule has 2 amide bonds. The van der Waals surface area contributed by atoms with Gasteiger partial charge in [-0.05, 0) is 33.4 Å². The van der Waals surface area contributed by atoms with Gasteiger partial charge in [-0.15, -0.1) is 0 Å². The van der Waals surface area contributed by atoms with E-state index in [0.717, 1.165) is 38.3 Å². The highest BCUT2D eigenvalue weighted by molar-refractivity contribution is 6.09. The van der Waals surface area contributed by atoms with Crippen LogP contribution in [0.5, 0.6) is 0 Å². The second kappa shape index (κ2) is 9.42. The summed E-state index contributed by atoms with van der Waals surface area (Å²) < 4.78 is 5.24. The normalized spacial score (nSPS) is 21.9. The largest absolute Gasteiger partial charge is 0.456 e. The maximum absolute atomic E-state index is 13.6. The number of carbonyl (C=O) groups is 4. The Labute approximate surface area is 231 Å². The molecule has 8 rings (SSSR count). The van der Waals surface area contributed by atoms with E-state index in [9.17, 15) is 19.2 Å². The Morgan fingerprint density at radius 2 is 1.05 bits per heavy atom. The molecule has 0 spiro atoms. The lowest BCUT2D eigenvalue weighted by molar-refractivity contribution is -0.152. The van der Waals surface area contributed by atoms with Crippen molar-refractivity contribution in [1.29, 1.82) is 0 Å².